The van der Waals surface area contributed by atoms with Crippen molar-refractivity contribution in [3.8, 4) is 0 Å². The Hall–Kier alpha value is -2.04. The molecule has 1 unspecified atom stereocenters. The summed E-state index contributed by atoms with van der Waals surface area (Å²) in [7, 11) is 5.23. The molecule has 20 heavy (non-hydrogen) atoms. The zero-order chi connectivity index (χ0) is 15.0. The first-order valence-electron chi connectivity index (χ1n) is 6.62. The van der Waals surface area contributed by atoms with Gasteiger partial charge in [-0.25, -0.2) is 4.99 Å². The molecule has 0 saturated carbocycles. The van der Waals surface area contributed by atoms with Crippen LogP contribution in [0.2, 0.25) is 0 Å². The number of nitrogens with zero attached hydrogens (tertiary/aromatic N) is 2. The van der Waals surface area contributed by atoms with Crippen molar-refractivity contribution in [2.45, 2.75) is 13.5 Å². The van der Waals surface area contributed by atoms with E-state index >= 15 is 0 Å². The van der Waals surface area contributed by atoms with E-state index in [2.05, 4.69) is 10.3 Å². The van der Waals surface area contributed by atoms with Gasteiger partial charge in [-0.1, -0.05) is 37.3 Å². The van der Waals surface area contributed by atoms with E-state index in [0.717, 1.165) is 11.5 Å². The van der Waals surface area contributed by atoms with E-state index in [9.17, 15) is 4.79 Å². The predicted octanol–water partition coefficient (Wildman–Crippen LogP) is 1.50. The largest absolute Gasteiger partial charge is 0.469 e. The number of hydrogen-bond acceptors (Lipinski definition) is 3. The summed E-state index contributed by atoms with van der Waals surface area (Å²) in [5.41, 5.74) is 1.15. The molecule has 0 heterocycles. The zero-order valence-electron chi connectivity index (χ0n) is 12.6. The third-order valence-electron chi connectivity index (χ3n) is 2.85. The summed E-state index contributed by atoms with van der Waals surface area (Å²) in [6, 6.07) is 10.0. The standard InChI is InChI=1S/C15H23N3O2/c1-12(14(19)20-4)10-16-15(18(2)3)17-11-13-8-6-5-7-9-13/h5-9,12H,10-11H2,1-4H3,(H,16,17). The average molecular weight is 277 g/mol. The van der Waals surface area contributed by atoms with E-state index in [4.69, 9.17) is 4.74 Å². The van der Waals surface area contributed by atoms with Crippen molar-refractivity contribution in [3.05, 3.63) is 35.9 Å². The van der Waals surface area contributed by atoms with Gasteiger partial charge in [0.25, 0.3) is 0 Å². The third kappa shape index (κ3) is 5.30. The van der Waals surface area contributed by atoms with Gasteiger partial charge in [-0.3, -0.25) is 4.79 Å². The minimum atomic E-state index is -0.223. The van der Waals surface area contributed by atoms with E-state index < -0.39 is 0 Å². The van der Waals surface area contributed by atoms with Crippen molar-refractivity contribution in [2.24, 2.45) is 10.9 Å². The van der Waals surface area contributed by atoms with E-state index in [1.54, 1.807) is 0 Å². The Kier molecular flexibility index (Phi) is 6.56. The highest BCUT2D eigenvalue weighted by molar-refractivity contribution is 5.80. The van der Waals surface area contributed by atoms with Crippen LogP contribution in [0, 0.1) is 5.92 Å². The summed E-state index contributed by atoms with van der Waals surface area (Å²) < 4.78 is 4.70. The van der Waals surface area contributed by atoms with Crippen LogP contribution in [0.1, 0.15) is 12.5 Å². The molecular weight excluding hydrogens is 254 g/mol. The second-order valence-corrected chi connectivity index (χ2v) is 4.82. The number of benzene rings is 1. The zero-order valence-corrected chi connectivity index (χ0v) is 12.6. The van der Waals surface area contributed by atoms with Crippen molar-refractivity contribution in [1.82, 2.24) is 10.2 Å². The molecule has 0 spiro atoms. The van der Waals surface area contributed by atoms with Gasteiger partial charge in [-0.2, -0.15) is 0 Å². The van der Waals surface area contributed by atoms with Gasteiger partial charge in [0.1, 0.15) is 0 Å². The summed E-state index contributed by atoms with van der Waals surface area (Å²) in [6.45, 7) is 2.93. The van der Waals surface area contributed by atoms with Gasteiger partial charge in [0.2, 0.25) is 0 Å². The number of ether oxygens (including phenoxy) is 1. The lowest BCUT2D eigenvalue weighted by Crippen LogP contribution is -2.40. The molecule has 1 aromatic rings. The first-order chi connectivity index (χ1) is 9.54. The molecule has 0 aliphatic heterocycles. The van der Waals surface area contributed by atoms with E-state index in [0.29, 0.717) is 13.1 Å². The van der Waals surface area contributed by atoms with Crippen molar-refractivity contribution >= 4 is 11.9 Å². The maximum absolute atomic E-state index is 11.4. The SMILES string of the molecule is COC(=O)C(C)CNC(=NCc1ccccc1)N(C)C. The number of carbonyl (C=O) groups is 1. The molecule has 0 aliphatic carbocycles. The molecule has 5 heteroatoms. The minimum absolute atomic E-state index is 0.207. The van der Waals surface area contributed by atoms with Crippen LogP contribution in [0.4, 0.5) is 0 Å². The lowest BCUT2D eigenvalue weighted by Gasteiger charge is -2.19. The minimum Gasteiger partial charge on any atom is -0.469 e. The highest BCUT2D eigenvalue weighted by Crippen LogP contribution is 2.01. The Morgan fingerprint density at radius 2 is 2.00 bits per heavy atom. The number of nitrogens with one attached hydrogen (secondary N) is 1. The molecule has 0 fully saturated rings. The molecule has 5 nitrogen and oxygen atoms in total. The Morgan fingerprint density at radius 1 is 1.35 bits per heavy atom. The highest BCUT2D eigenvalue weighted by Gasteiger charge is 2.13. The summed E-state index contributed by atoms with van der Waals surface area (Å²) in [5, 5.41) is 3.18. The number of esters is 1. The molecule has 1 N–H and O–H groups in total. The predicted molar refractivity (Wildman–Crippen MR) is 80.5 cm³/mol. The molecule has 0 radical (unpaired) electrons. The van der Waals surface area contributed by atoms with Crippen LogP contribution in [0.15, 0.2) is 35.3 Å². The quantitative estimate of drug-likeness (QED) is 0.503. The highest BCUT2D eigenvalue weighted by atomic mass is 16.5. The molecule has 0 amide bonds. The average Bonchev–Trinajstić information content (AvgIpc) is 2.46. The van der Waals surface area contributed by atoms with Crippen LogP contribution >= 0.6 is 0 Å². The molecule has 1 aromatic carbocycles. The van der Waals surface area contributed by atoms with Gasteiger partial charge in [0.05, 0.1) is 19.6 Å². The number of aliphatic imine (C=N–C) groups is 1. The van der Waals surface area contributed by atoms with E-state index in [1.165, 1.54) is 7.11 Å². The van der Waals surface area contributed by atoms with Crippen LogP contribution in [0.25, 0.3) is 0 Å². The molecule has 0 saturated heterocycles. The lowest BCUT2D eigenvalue weighted by molar-refractivity contribution is -0.144. The van der Waals surface area contributed by atoms with Gasteiger partial charge in [-0.05, 0) is 5.56 Å². The Balaban J connectivity index is 2.58. The molecule has 1 atom stereocenters. The molecule has 110 valence electrons. The fourth-order valence-electron chi connectivity index (χ4n) is 1.63. The Labute approximate surface area is 120 Å². The number of hydrogen-bond donors (Lipinski definition) is 1. The first-order valence-corrected chi connectivity index (χ1v) is 6.62. The maximum atomic E-state index is 11.4. The monoisotopic (exact) mass is 277 g/mol. The fourth-order valence-corrected chi connectivity index (χ4v) is 1.63. The van der Waals surface area contributed by atoms with Gasteiger partial charge in [-0.15, -0.1) is 0 Å². The normalized spacial score (nSPS) is 12.7. The fraction of sp³-hybridized carbons (Fsp3) is 0.467. The van der Waals surface area contributed by atoms with E-state index in [1.807, 2.05) is 56.3 Å². The number of carbonyl (C=O) groups excluding carboxylic acids is 1. The van der Waals surface area contributed by atoms with Gasteiger partial charge < -0.3 is 15.0 Å². The molecule has 0 bridgehead atoms. The number of rotatable bonds is 5. The smallest absolute Gasteiger partial charge is 0.310 e. The van der Waals surface area contributed by atoms with E-state index in [-0.39, 0.29) is 11.9 Å². The number of methoxy groups -OCH3 is 1. The van der Waals surface area contributed by atoms with Crippen LogP contribution in [0.5, 0.6) is 0 Å². The maximum Gasteiger partial charge on any atom is 0.310 e. The molecule has 1 rings (SSSR count). The van der Waals surface area contributed by atoms with Gasteiger partial charge in [0.15, 0.2) is 5.96 Å². The molecule has 0 aromatic heterocycles. The Bertz CT molecular complexity index is 444. The van der Waals surface area contributed by atoms with Crippen molar-refractivity contribution < 1.29 is 9.53 Å². The summed E-state index contributed by atoms with van der Waals surface area (Å²) in [6.07, 6.45) is 0. The second kappa shape index (κ2) is 8.19. The second-order valence-electron chi connectivity index (χ2n) is 4.82. The van der Waals surface area contributed by atoms with Gasteiger partial charge >= 0.3 is 5.97 Å². The van der Waals surface area contributed by atoms with Crippen LogP contribution in [0.3, 0.4) is 0 Å². The van der Waals surface area contributed by atoms with Crippen molar-refractivity contribution in [1.29, 1.82) is 0 Å². The van der Waals surface area contributed by atoms with Crippen LogP contribution in [-0.2, 0) is 16.1 Å². The van der Waals surface area contributed by atoms with Crippen LogP contribution < -0.4 is 5.32 Å². The third-order valence-corrected chi connectivity index (χ3v) is 2.85. The lowest BCUT2D eigenvalue weighted by atomic mass is 10.2. The van der Waals surface area contributed by atoms with Crippen LogP contribution in [-0.4, -0.2) is 44.6 Å². The summed E-state index contributed by atoms with van der Waals surface area (Å²) >= 11 is 0. The first kappa shape index (κ1) is 16.0. The van der Waals surface area contributed by atoms with Crippen molar-refractivity contribution in [2.75, 3.05) is 27.7 Å². The summed E-state index contributed by atoms with van der Waals surface area (Å²) in [4.78, 5) is 17.8. The molecule has 0 aliphatic rings. The topological polar surface area (TPSA) is 53.9 Å². The number of guanidine groups is 1. The van der Waals surface area contributed by atoms with Gasteiger partial charge in [0, 0.05) is 20.6 Å². The van der Waals surface area contributed by atoms with Crippen molar-refractivity contribution in [3.63, 3.8) is 0 Å². The summed E-state index contributed by atoms with van der Waals surface area (Å²) in [5.74, 6) is 0.324. The Morgan fingerprint density at radius 3 is 2.55 bits per heavy atom. The molecular formula is C15H23N3O2.